The van der Waals surface area contributed by atoms with Gasteiger partial charge in [-0.05, 0) is 35.6 Å². The van der Waals surface area contributed by atoms with Gasteiger partial charge in [-0.1, -0.05) is 42.5 Å². The average molecular weight is 270 g/mol. The Morgan fingerprint density at radius 3 is 2.21 bits per heavy atom. The maximum absolute atomic E-state index is 11.4. The zero-order valence-corrected chi connectivity index (χ0v) is 11.4. The topological polar surface area (TPSA) is 37.3 Å². The van der Waals surface area contributed by atoms with E-state index in [1.165, 1.54) is 0 Å². The maximum atomic E-state index is 11.4. The molecule has 0 spiro atoms. The maximum Gasteiger partial charge on any atom is 0.336 e. The summed E-state index contributed by atoms with van der Waals surface area (Å²) in [6.45, 7) is 0. The van der Waals surface area contributed by atoms with Gasteiger partial charge in [0.25, 0.3) is 0 Å². The van der Waals surface area contributed by atoms with E-state index in [2.05, 4.69) is 0 Å². The Balaban J connectivity index is 2.38. The first-order valence-electron chi connectivity index (χ1n) is 5.85. The van der Waals surface area contributed by atoms with Crippen molar-refractivity contribution in [2.24, 2.45) is 0 Å². The highest BCUT2D eigenvalue weighted by atomic mass is 32.2. The molecule has 0 radical (unpaired) electrons. The Morgan fingerprint density at radius 1 is 1.05 bits per heavy atom. The molecule has 0 amide bonds. The average Bonchev–Trinajstić information content (AvgIpc) is 2.46. The van der Waals surface area contributed by atoms with Crippen molar-refractivity contribution in [1.82, 2.24) is 0 Å². The summed E-state index contributed by atoms with van der Waals surface area (Å²) in [5.41, 5.74) is 1.90. The van der Waals surface area contributed by atoms with Crippen LogP contribution in [0.2, 0.25) is 0 Å². The molecule has 0 unspecified atom stereocenters. The number of carbonyl (C=O) groups is 1. The highest BCUT2D eigenvalue weighted by molar-refractivity contribution is 7.98. The second-order valence-corrected chi connectivity index (χ2v) is 4.88. The SMILES string of the molecule is CSc1ccc(/C=C(\C(=O)O)c2ccccc2)cc1. The fourth-order valence-electron chi connectivity index (χ4n) is 1.75. The van der Waals surface area contributed by atoms with Crippen molar-refractivity contribution in [3.8, 4) is 0 Å². The first-order chi connectivity index (χ1) is 9.20. The van der Waals surface area contributed by atoms with Gasteiger partial charge in [0.1, 0.15) is 0 Å². The normalized spacial score (nSPS) is 11.3. The molecule has 0 aliphatic rings. The molecule has 0 aromatic heterocycles. The van der Waals surface area contributed by atoms with Gasteiger partial charge in [-0.15, -0.1) is 11.8 Å². The minimum Gasteiger partial charge on any atom is -0.478 e. The summed E-state index contributed by atoms with van der Waals surface area (Å²) in [5, 5.41) is 9.32. The van der Waals surface area contributed by atoms with Crippen molar-refractivity contribution in [3.63, 3.8) is 0 Å². The molecule has 3 heteroatoms. The zero-order valence-electron chi connectivity index (χ0n) is 10.5. The molecule has 19 heavy (non-hydrogen) atoms. The Labute approximate surface area is 116 Å². The van der Waals surface area contributed by atoms with Crippen molar-refractivity contribution < 1.29 is 9.90 Å². The number of rotatable bonds is 4. The van der Waals surface area contributed by atoms with E-state index in [4.69, 9.17) is 0 Å². The Hall–Kier alpha value is -2.00. The van der Waals surface area contributed by atoms with Gasteiger partial charge in [-0.2, -0.15) is 0 Å². The highest BCUT2D eigenvalue weighted by Crippen LogP contribution is 2.20. The summed E-state index contributed by atoms with van der Waals surface area (Å²) in [6, 6.07) is 17.0. The van der Waals surface area contributed by atoms with Crippen molar-refractivity contribution in [1.29, 1.82) is 0 Å². The van der Waals surface area contributed by atoms with Crippen LogP contribution in [0.5, 0.6) is 0 Å². The lowest BCUT2D eigenvalue weighted by Crippen LogP contribution is -1.99. The fraction of sp³-hybridized carbons (Fsp3) is 0.0625. The van der Waals surface area contributed by atoms with Gasteiger partial charge in [0.2, 0.25) is 0 Å². The second kappa shape index (κ2) is 6.25. The fourth-order valence-corrected chi connectivity index (χ4v) is 2.16. The lowest BCUT2D eigenvalue weighted by Gasteiger charge is -2.03. The minimum absolute atomic E-state index is 0.303. The molecule has 0 saturated heterocycles. The monoisotopic (exact) mass is 270 g/mol. The van der Waals surface area contributed by atoms with Crippen LogP contribution in [0.4, 0.5) is 0 Å². The molecule has 2 aromatic rings. The number of carboxylic acids is 1. The van der Waals surface area contributed by atoms with Crippen LogP contribution in [0.25, 0.3) is 11.6 Å². The van der Waals surface area contributed by atoms with Gasteiger partial charge in [0.15, 0.2) is 0 Å². The van der Waals surface area contributed by atoms with Crippen LogP contribution in [0, 0.1) is 0 Å². The smallest absolute Gasteiger partial charge is 0.336 e. The van der Waals surface area contributed by atoms with E-state index in [0.717, 1.165) is 10.5 Å². The van der Waals surface area contributed by atoms with E-state index in [0.29, 0.717) is 11.1 Å². The summed E-state index contributed by atoms with van der Waals surface area (Å²) in [6.07, 6.45) is 3.71. The van der Waals surface area contributed by atoms with Crippen molar-refractivity contribution >= 4 is 29.4 Å². The van der Waals surface area contributed by atoms with Crippen LogP contribution in [0.15, 0.2) is 59.5 Å². The Kier molecular flexibility index (Phi) is 4.42. The summed E-state index contributed by atoms with van der Waals surface area (Å²) in [7, 11) is 0. The summed E-state index contributed by atoms with van der Waals surface area (Å²) in [5.74, 6) is -0.917. The molecule has 0 bridgehead atoms. The molecule has 1 N–H and O–H groups in total. The number of hydrogen-bond donors (Lipinski definition) is 1. The van der Waals surface area contributed by atoms with Crippen LogP contribution < -0.4 is 0 Å². The number of carboxylic acid groups (broad SMARTS) is 1. The molecule has 0 saturated carbocycles. The van der Waals surface area contributed by atoms with Crippen LogP contribution in [-0.2, 0) is 4.79 Å². The van der Waals surface area contributed by atoms with Crippen molar-refractivity contribution in [2.75, 3.05) is 6.26 Å². The van der Waals surface area contributed by atoms with Crippen LogP contribution in [0.3, 0.4) is 0 Å². The molecule has 0 heterocycles. The summed E-state index contributed by atoms with van der Waals surface area (Å²) >= 11 is 1.66. The zero-order chi connectivity index (χ0) is 13.7. The predicted molar refractivity (Wildman–Crippen MR) is 80.2 cm³/mol. The van der Waals surface area contributed by atoms with Gasteiger partial charge in [0.05, 0.1) is 5.57 Å². The molecule has 0 fully saturated rings. The largest absolute Gasteiger partial charge is 0.478 e. The van der Waals surface area contributed by atoms with E-state index in [1.807, 2.05) is 48.7 Å². The van der Waals surface area contributed by atoms with Crippen LogP contribution in [-0.4, -0.2) is 17.3 Å². The van der Waals surface area contributed by atoms with Gasteiger partial charge in [-0.3, -0.25) is 0 Å². The van der Waals surface area contributed by atoms with E-state index in [1.54, 1.807) is 30.0 Å². The van der Waals surface area contributed by atoms with Crippen molar-refractivity contribution in [3.05, 3.63) is 65.7 Å². The number of hydrogen-bond acceptors (Lipinski definition) is 2. The quantitative estimate of drug-likeness (QED) is 0.517. The first kappa shape index (κ1) is 13.4. The summed E-state index contributed by atoms with van der Waals surface area (Å²) in [4.78, 5) is 12.5. The van der Waals surface area contributed by atoms with E-state index in [-0.39, 0.29) is 0 Å². The molecule has 0 atom stereocenters. The first-order valence-corrected chi connectivity index (χ1v) is 7.07. The predicted octanol–water partition coefficient (Wildman–Crippen LogP) is 4.03. The molecular formula is C16H14O2S. The third kappa shape index (κ3) is 3.48. The lowest BCUT2D eigenvalue weighted by atomic mass is 10.0. The molecule has 0 aliphatic carbocycles. The van der Waals surface area contributed by atoms with Crippen LogP contribution in [0.1, 0.15) is 11.1 Å². The molecule has 0 aliphatic heterocycles. The standard InChI is InChI=1S/C16H14O2S/c1-19-14-9-7-12(8-10-14)11-15(16(17)18)13-5-3-2-4-6-13/h2-11H,1H3,(H,17,18)/b15-11-. The molecule has 2 rings (SSSR count). The minimum atomic E-state index is -0.917. The molecule has 2 nitrogen and oxygen atoms in total. The van der Waals surface area contributed by atoms with Gasteiger partial charge >= 0.3 is 5.97 Å². The van der Waals surface area contributed by atoms with Gasteiger partial charge in [-0.25, -0.2) is 4.79 Å². The third-order valence-electron chi connectivity index (χ3n) is 2.74. The molecular weight excluding hydrogens is 256 g/mol. The number of aliphatic carboxylic acids is 1. The lowest BCUT2D eigenvalue weighted by molar-refractivity contribution is -0.130. The number of thioether (sulfide) groups is 1. The van der Waals surface area contributed by atoms with E-state index >= 15 is 0 Å². The Morgan fingerprint density at radius 2 is 1.68 bits per heavy atom. The Bertz CT molecular complexity index is 586. The van der Waals surface area contributed by atoms with Gasteiger partial charge < -0.3 is 5.11 Å². The molecule has 96 valence electrons. The van der Waals surface area contributed by atoms with Crippen molar-refractivity contribution in [2.45, 2.75) is 4.90 Å². The van der Waals surface area contributed by atoms with E-state index < -0.39 is 5.97 Å². The second-order valence-electron chi connectivity index (χ2n) is 4.00. The highest BCUT2D eigenvalue weighted by Gasteiger charge is 2.09. The van der Waals surface area contributed by atoms with Crippen LogP contribution >= 0.6 is 11.8 Å². The van der Waals surface area contributed by atoms with Gasteiger partial charge in [0, 0.05) is 4.90 Å². The summed E-state index contributed by atoms with van der Waals surface area (Å²) < 4.78 is 0. The number of benzene rings is 2. The van der Waals surface area contributed by atoms with E-state index in [9.17, 15) is 9.90 Å². The third-order valence-corrected chi connectivity index (χ3v) is 3.49. The molecule has 2 aromatic carbocycles.